The first-order valence-corrected chi connectivity index (χ1v) is 9.28. The molecule has 1 aromatic heterocycles. The van der Waals surface area contributed by atoms with Crippen LogP contribution in [0.25, 0.3) is 10.9 Å². The highest BCUT2D eigenvalue weighted by molar-refractivity contribution is 6.04. The molecule has 2 aromatic rings. The molecule has 4 aliphatic rings. The Morgan fingerprint density at radius 3 is 2.33 bits per heavy atom. The summed E-state index contributed by atoms with van der Waals surface area (Å²) in [6.07, 6.45) is 12.3. The number of aromatic nitrogens is 1. The van der Waals surface area contributed by atoms with Gasteiger partial charge in [-0.3, -0.25) is 4.79 Å². The number of hydrogen-bond acceptors (Lipinski definition) is 2. The van der Waals surface area contributed by atoms with Crippen molar-refractivity contribution in [2.24, 2.45) is 23.2 Å². The van der Waals surface area contributed by atoms with Crippen LogP contribution in [0.5, 0.6) is 0 Å². The van der Waals surface area contributed by atoms with Gasteiger partial charge in [-0.05, 0) is 79.9 Å². The molecule has 2 heteroatoms. The second-order valence-corrected chi connectivity index (χ2v) is 8.37. The van der Waals surface area contributed by atoms with Crippen LogP contribution in [0.1, 0.15) is 49.0 Å². The van der Waals surface area contributed by atoms with E-state index in [0.717, 1.165) is 28.7 Å². The van der Waals surface area contributed by atoms with Gasteiger partial charge in [0.2, 0.25) is 5.78 Å². The van der Waals surface area contributed by atoms with E-state index in [2.05, 4.69) is 11.1 Å². The minimum absolute atomic E-state index is 0.0523. The molecule has 4 aliphatic carbocycles. The number of ketones is 1. The second-order valence-electron chi connectivity index (χ2n) is 8.37. The first-order valence-electron chi connectivity index (χ1n) is 9.28. The van der Waals surface area contributed by atoms with Crippen molar-refractivity contribution < 1.29 is 4.79 Å². The smallest absolute Gasteiger partial charge is 0.203 e. The Bertz CT molecular complexity index is 799. The van der Waals surface area contributed by atoms with E-state index in [1.165, 1.54) is 38.5 Å². The summed E-state index contributed by atoms with van der Waals surface area (Å²) in [6.45, 7) is 0. The number of pyridine rings is 1. The molecule has 122 valence electrons. The lowest BCUT2D eigenvalue weighted by atomic mass is 9.49. The number of allylic oxidation sites excluding steroid dienone is 2. The fourth-order valence-corrected chi connectivity index (χ4v) is 5.92. The van der Waals surface area contributed by atoms with Gasteiger partial charge in [-0.2, -0.15) is 0 Å². The monoisotopic (exact) mass is 317 g/mol. The molecule has 24 heavy (non-hydrogen) atoms. The van der Waals surface area contributed by atoms with Crippen molar-refractivity contribution in [3.8, 4) is 0 Å². The molecule has 6 rings (SSSR count). The Balaban J connectivity index is 1.40. The van der Waals surface area contributed by atoms with Crippen LogP contribution in [0.2, 0.25) is 0 Å². The largest absolute Gasteiger partial charge is 0.288 e. The quantitative estimate of drug-likeness (QED) is 0.576. The number of nitrogens with zero attached hydrogens (tertiary/aromatic N) is 1. The maximum Gasteiger partial charge on any atom is 0.203 e. The summed E-state index contributed by atoms with van der Waals surface area (Å²) < 4.78 is 0. The summed E-state index contributed by atoms with van der Waals surface area (Å²) in [5.41, 5.74) is 1.77. The van der Waals surface area contributed by atoms with Gasteiger partial charge in [0.25, 0.3) is 0 Å². The molecule has 4 fully saturated rings. The molecule has 0 radical (unpaired) electrons. The summed E-state index contributed by atoms with van der Waals surface area (Å²) in [5.74, 6) is 2.79. The van der Waals surface area contributed by atoms with Gasteiger partial charge in [-0.15, -0.1) is 0 Å². The van der Waals surface area contributed by atoms with E-state index in [0.29, 0.717) is 11.1 Å². The third kappa shape index (κ3) is 2.40. The maximum atomic E-state index is 12.6. The van der Waals surface area contributed by atoms with Crippen LogP contribution in [0.15, 0.2) is 48.6 Å². The first-order chi connectivity index (χ1) is 11.7. The van der Waals surface area contributed by atoms with E-state index in [1.807, 2.05) is 42.5 Å². The lowest BCUT2D eigenvalue weighted by molar-refractivity contribution is -0.0238. The van der Waals surface area contributed by atoms with E-state index >= 15 is 0 Å². The normalized spacial score (nSPS) is 34.2. The average molecular weight is 317 g/mol. The standard InChI is InChI=1S/C22H23NO/c24-21(20-6-5-18-3-1-2-4-19(18)23-20)7-8-22-12-15-9-16(13-22)11-17(10-15)14-22/h1-8,15-17H,9-14H2. The van der Waals surface area contributed by atoms with Gasteiger partial charge in [0.15, 0.2) is 0 Å². The van der Waals surface area contributed by atoms with Gasteiger partial charge in [-0.25, -0.2) is 4.98 Å². The predicted molar refractivity (Wildman–Crippen MR) is 95.8 cm³/mol. The molecule has 1 aromatic carbocycles. The molecule has 0 saturated heterocycles. The van der Waals surface area contributed by atoms with Gasteiger partial charge in [0.05, 0.1) is 5.52 Å². The lowest BCUT2D eigenvalue weighted by Crippen LogP contribution is -2.45. The predicted octanol–water partition coefficient (Wildman–Crippen LogP) is 5.19. The van der Waals surface area contributed by atoms with Crippen molar-refractivity contribution in [1.29, 1.82) is 0 Å². The van der Waals surface area contributed by atoms with Crippen LogP contribution in [-0.4, -0.2) is 10.8 Å². The molecule has 1 heterocycles. The van der Waals surface area contributed by atoms with E-state index in [9.17, 15) is 4.79 Å². The van der Waals surface area contributed by atoms with Crippen LogP contribution in [0.4, 0.5) is 0 Å². The lowest BCUT2D eigenvalue weighted by Gasteiger charge is -2.55. The Morgan fingerprint density at radius 1 is 0.958 bits per heavy atom. The van der Waals surface area contributed by atoms with Crippen molar-refractivity contribution in [2.75, 3.05) is 0 Å². The minimum atomic E-state index is 0.0523. The number of rotatable bonds is 3. The Kier molecular flexibility index (Phi) is 3.16. The molecule has 0 atom stereocenters. The zero-order chi connectivity index (χ0) is 16.1. The van der Waals surface area contributed by atoms with E-state index in [-0.39, 0.29) is 5.78 Å². The molecule has 0 amide bonds. The number of benzene rings is 1. The number of carbonyl (C=O) groups excluding carboxylic acids is 1. The molecule has 2 nitrogen and oxygen atoms in total. The van der Waals surface area contributed by atoms with Crippen LogP contribution in [0, 0.1) is 23.2 Å². The van der Waals surface area contributed by atoms with Crippen molar-refractivity contribution in [3.63, 3.8) is 0 Å². The van der Waals surface area contributed by atoms with Crippen molar-refractivity contribution in [3.05, 3.63) is 54.2 Å². The summed E-state index contributed by atoms with van der Waals surface area (Å²) >= 11 is 0. The highest BCUT2D eigenvalue weighted by Crippen LogP contribution is 2.60. The van der Waals surface area contributed by atoms with Crippen LogP contribution < -0.4 is 0 Å². The SMILES string of the molecule is O=C(C=CC12CC3CC(CC(C3)C1)C2)c1ccc2ccccc2n1. The zero-order valence-corrected chi connectivity index (χ0v) is 13.9. The maximum absolute atomic E-state index is 12.6. The summed E-state index contributed by atoms with van der Waals surface area (Å²) in [4.78, 5) is 17.2. The number of fused-ring (bicyclic) bond motifs is 1. The molecule has 0 unspecified atom stereocenters. The molecular weight excluding hydrogens is 294 g/mol. The van der Waals surface area contributed by atoms with E-state index < -0.39 is 0 Å². The minimum Gasteiger partial charge on any atom is -0.288 e. The Labute approximate surface area is 143 Å². The number of hydrogen-bond donors (Lipinski definition) is 0. The zero-order valence-electron chi connectivity index (χ0n) is 13.9. The van der Waals surface area contributed by atoms with Crippen molar-refractivity contribution >= 4 is 16.7 Å². The molecule has 0 aliphatic heterocycles. The van der Waals surface area contributed by atoms with Gasteiger partial charge in [0.1, 0.15) is 5.69 Å². The number of para-hydroxylation sites is 1. The van der Waals surface area contributed by atoms with Gasteiger partial charge >= 0.3 is 0 Å². The van der Waals surface area contributed by atoms with Crippen molar-refractivity contribution in [1.82, 2.24) is 4.98 Å². The molecule has 0 N–H and O–H groups in total. The van der Waals surface area contributed by atoms with E-state index in [1.54, 1.807) is 0 Å². The number of carbonyl (C=O) groups is 1. The van der Waals surface area contributed by atoms with Gasteiger partial charge in [-0.1, -0.05) is 30.3 Å². The third-order valence-corrected chi connectivity index (χ3v) is 6.52. The summed E-state index contributed by atoms with van der Waals surface area (Å²) in [5, 5.41) is 1.08. The van der Waals surface area contributed by atoms with Gasteiger partial charge in [0, 0.05) is 5.39 Å². The fourth-order valence-electron chi connectivity index (χ4n) is 5.92. The van der Waals surface area contributed by atoms with Crippen LogP contribution in [0.3, 0.4) is 0 Å². The third-order valence-electron chi connectivity index (χ3n) is 6.52. The second kappa shape index (κ2) is 5.27. The highest BCUT2D eigenvalue weighted by Gasteiger charge is 2.49. The Morgan fingerprint density at radius 2 is 1.62 bits per heavy atom. The Hall–Kier alpha value is -1.96. The van der Waals surface area contributed by atoms with Crippen LogP contribution in [-0.2, 0) is 0 Å². The van der Waals surface area contributed by atoms with Crippen molar-refractivity contribution in [2.45, 2.75) is 38.5 Å². The first kappa shape index (κ1) is 14.4. The van der Waals surface area contributed by atoms with E-state index in [4.69, 9.17) is 0 Å². The van der Waals surface area contributed by atoms with Crippen LogP contribution >= 0.6 is 0 Å². The topological polar surface area (TPSA) is 30.0 Å². The molecule has 0 spiro atoms. The summed E-state index contributed by atoms with van der Waals surface area (Å²) in [6, 6.07) is 11.8. The van der Waals surface area contributed by atoms with Gasteiger partial charge < -0.3 is 0 Å². The molecule has 4 bridgehead atoms. The summed E-state index contributed by atoms with van der Waals surface area (Å²) in [7, 11) is 0. The highest BCUT2D eigenvalue weighted by atomic mass is 16.1. The fraction of sp³-hybridized carbons (Fsp3) is 0.455. The molecular formula is C22H23NO. The average Bonchev–Trinajstić information content (AvgIpc) is 2.58. The molecule has 4 saturated carbocycles.